The number of aromatic nitrogens is 4. The Morgan fingerprint density at radius 2 is 1.00 bits per heavy atom. The van der Waals surface area contributed by atoms with Gasteiger partial charge in [-0.2, -0.15) is 0 Å². The predicted molar refractivity (Wildman–Crippen MR) is 219 cm³/mol. The minimum Gasteiger partial charge on any atom is -0.291 e. The Labute approximate surface area is 305 Å². The summed E-state index contributed by atoms with van der Waals surface area (Å²) in [6, 6.07) is 52.8. The van der Waals surface area contributed by atoms with Gasteiger partial charge in [0.15, 0.2) is 0 Å². The Morgan fingerprint density at radius 3 is 1.63 bits per heavy atom. The first-order valence-corrected chi connectivity index (χ1v) is 17.8. The number of halogens is 1. The molecule has 0 aliphatic rings. The number of para-hydroxylation sites is 4. The van der Waals surface area contributed by atoms with E-state index in [0.717, 1.165) is 77.9 Å². The SMILES string of the molecule is C=Cc1c(-c2nc3ccccc3n2-c2cccc(-n3c(-c4cc5ccccc5c5ccccc45)nc4ccccc43)c2Cl)cc2ccccc2c1C. The number of benzene rings is 8. The summed E-state index contributed by atoms with van der Waals surface area (Å²) >= 11 is 7.71. The van der Waals surface area contributed by atoms with Crippen molar-refractivity contribution in [3.05, 3.63) is 174 Å². The van der Waals surface area contributed by atoms with E-state index in [1.807, 2.05) is 18.2 Å². The number of nitrogens with zero attached hydrogens (tertiary/aromatic N) is 4. The molecule has 0 amide bonds. The van der Waals surface area contributed by atoms with E-state index in [1.165, 1.54) is 21.7 Å². The van der Waals surface area contributed by atoms with Crippen LogP contribution in [-0.4, -0.2) is 19.1 Å². The van der Waals surface area contributed by atoms with Crippen molar-refractivity contribution in [2.24, 2.45) is 0 Å². The van der Waals surface area contributed by atoms with Crippen LogP contribution < -0.4 is 0 Å². The van der Waals surface area contributed by atoms with Crippen molar-refractivity contribution in [3.8, 4) is 34.2 Å². The quantitative estimate of drug-likeness (QED) is 0.169. The zero-order valence-corrected chi connectivity index (χ0v) is 29.1. The average molecular weight is 687 g/mol. The maximum Gasteiger partial charge on any atom is 0.146 e. The molecule has 8 aromatic carbocycles. The fourth-order valence-electron chi connectivity index (χ4n) is 7.99. The lowest BCUT2D eigenvalue weighted by Crippen LogP contribution is -2.05. The molecule has 5 heteroatoms. The van der Waals surface area contributed by atoms with Gasteiger partial charge >= 0.3 is 0 Å². The first-order valence-electron chi connectivity index (χ1n) is 17.4. The van der Waals surface area contributed by atoms with E-state index in [0.29, 0.717) is 5.02 Å². The van der Waals surface area contributed by atoms with Gasteiger partial charge in [-0.05, 0) is 98.9 Å². The molecule has 0 aliphatic heterocycles. The molecule has 0 bridgehead atoms. The molecule has 0 radical (unpaired) electrons. The van der Waals surface area contributed by atoms with Gasteiger partial charge in [0, 0.05) is 11.1 Å². The number of fused-ring (bicyclic) bond motifs is 6. The molecular weight excluding hydrogens is 656 g/mol. The normalized spacial score (nSPS) is 11.7. The molecule has 10 rings (SSSR count). The lowest BCUT2D eigenvalue weighted by molar-refractivity contribution is 1.07. The second kappa shape index (κ2) is 11.8. The highest BCUT2D eigenvalue weighted by atomic mass is 35.5. The van der Waals surface area contributed by atoms with Gasteiger partial charge in [-0.15, -0.1) is 0 Å². The molecular formula is C47H31ClN4. The molecule has 2 aromatic heterocycles. The second-order valence-electron chi connectivity index (χ2n) is 13.2. The van der Waals surface area contributed by atoms with Crippen LogP contribution in [0.1, 0.15) is 11.1 Å². The van der Waals surface area contributed by atoms with Crippen LogP contribution in [0.2, 0.25) is 5.02 Å². The Balaban J connectivity index is 1.27. The summed E-state index contributed by atoms with van der Waals surface area (Å²) in [4.78, 5) is 10.6. The van der Waals surface area contributed by atoms with Gasteiger partial charge in [0.1, 0.15) is 11.6 Å². The Bertz CT molecular complexity index is 3070. The van der Waals surface area contributed by atoms with Crippen LogP contribution in [-0.2, 0) is 0 Å². The number of rotatable bonds is 5. The Morgan fingerprint density at radius 1 is 0.519 bits per heavy atom. The third kappa shape index (κ3) is 4.48. The van der Waals surface area contributed by atoms with Crippen molar-refractivity contribution in [2.75, 3.05) is 0 Å². The third-order valence-corrected chi connectivity index (χ3v) is 10.8. The fraction of sp³-hybridized carbons (Fsp3) is 0.0213. The summed E-state index contributed by atoms with van der Waals surface area (Å²) in [5, 5.41) is 7.64. The summed E-state index contributed by atoms with van der Waals surface area (Å²) in [7, 11) is 0. The predicted octanol–water partition coefficient (Wildman–Crippen LogP) is 12.8. The minimum absolute atomic E-state index is 0.596. The molecule has 2 heterocycles. The molecule has 0 N–H and O–H groups in total. The molecule has 52 heavy (non-hydrogen) atoms. The summed E-state index contributed by atoms with van der Waals surface area (Å²) in [6.07, 6.45) is 1.94. The highest BCUT2D eigenvalue weighted by Gasteiger charge is 2.24. The van der Waals surface area contributed by atoms with Gasteiger partial charge in [0.25, 0.3) is 0 Å². The number of hydrogen-bond acceptors (Lipinski definition) is 2. The van der Waals surface area contributed by atoms with E-state index in [-0.39, 0.29) is 0 Å². The van der Waals surface area contributed by atoms with Crippen molar-refractivity contribution >= 4 is 72.1 Å². The van der Waals surface area contributed by atoms with E-state index >= 15 is 0 Å². The topological polar surface area (TPSA) is 35.6 Å². The molecule has 0 aliphatic carbocycles. The van der Waals surface area contributed by atoms with Crippen molar-refractivity contribution in [1.82, 2.24) is 19.1 Å². The average Bonchev–Trinajstić information content (AvgIpc) is 3.77. The molecule has 0 atom stereocenters. The van der Waals surface area contributed by atoms with E-state index in [4.69, 9.17) is 21.6 Å². The van der Waals surface area contributed by atoms with Gasteiger partial charge in [0.2, 0.25) is 0 Å². The fourth-order valence-corrected chi connectivity index (χ4v) is 8.28. The summed E-state index contributed by atoms with van der Waals surface area (Å²) in [6.45, 7) is 6.40. The molecule has 0 spiro atoms. The first kappa shape index (κ1) is 30.3. The number of aryl methyl sites for hydroxylation is 1. The summed E-state index contributed by atoms with van der Waals surface area (Å²) < 4.78 is 4.41. The lowest BCUT2D eigenvalue weighted by Gasteiger charge is -2.19. The molecule has 0 fully saturated rings. The molecule has 246 valence electrons. The molecule has 4 nitrogen and oxygen atoms in total. The monoisotopic (exact) mass is 686 g/mol. The first-order chi connectivity index (χ1) is 25.6. The zero-order valence-electron chi connectivity index (χ0n) is 28.4. The van der Waals surface area contributed by atoms with Crippen LogP contribution in [0.25, 0.3) is 94.6 Å². The highest BCUT2D eigenvalue weighted by molar-refractivity contribution is 6.34. The van der Waals surface area contributed by atoms with Crippen LogP contribution in [0.15, 0.2) is 158 Å². The van der Waals surface area contributed by atoms with Crippen LogP contribution in [0.5, 0.6) is 0 Å². The van der Waals surface area contributed by atoms with Gasteiger partial charge in [-0.3, -0.25) is 9.13 Å². The van der Waals surface area contributed by atoms with Crippen molar-refractivity contribution in [3.63, 3.8) is 0 Å². The zero-order chi connectivity index (χ0) is 34.9. The van der Waals surface area contributed by atoms with Crippen LogP contribution in [0.4, 0.5) is 0 Å². The second-order valence-corrected chi connectivity index (χ2v) is 13.6. The van der Waals surface area contributed by atoms with Gasteiger partial charge in [-0.1, -0.05) is 127 Å². The summed E-state index contributed by atoms with van der Waals surface area (Å²) in [5.41, 5.74) is 9.65. The van der Waals surface area contributed by atoms with E-state index in [9.17, 15) is 0 Å². The van der Waals surface area contributed by atoms with Crippen LogP contribution in [0, 0.1) is 6.92 Å². The molecule has 0 saturated heterocycles. The lowest BCUT2D eigenvalue weighted by atomic mass is 9.94. The molecule has 0 unspecified atom stereocenters. The van der Waals surface area contributed by atoms with Crippen molar-refractivity contribution in [1.29, 1.82) is 0 Å². The maximum atomic E-state index is 7.71. The molecule has 10 aromatic rings. The van der Waals surface area contributed by atoms with Crippen LogP contribution >= 0.6 is 11.6 Å². The van der Waals surface area contributed by atoms with E-state index in [1.54, 1.807) is 0 Å². The minimum atomic E-state index is 0.596. The van der Waals surface area contributed by atoms with Gasteiger partial charge < -0.3 is 0 Å². The summed E-state index contributed by atoms with van der Waals surface area (Å²) in [5.74, 6) is 1.64. The number of hydrogen-bond donors (Lipinski definition) is 0. The van der Waals surface area contributed by atoms with Crippen molar-refractivity contribution in [2.45, 2.75) is 6.92 Å². The largest absolute Gasteiger partial charge is 0.291 e. The Kier molecular flexibility index (Phi) is 6.88. The maximum absolute atomic E-state index is 7.71. The van der Waals surface area contributed by atoms with Gasteiger partial charge in [-0.25, -0.2) is 9.97 Å². The Hall–Kier alpha value is -6.49. The van der Waals surface area contributed by atoms with E-state index < -0.39 is 0 Å². The van der Waals surface area contributed by atoms with Crippen molar-refractivity contribution < 1.29 is 0 Å². The van der Waals surface area contributed by atoms with Crippen LogP contribution in [0.3, 0.4) is 0 Å². The number of imidazole rings is 2. The van der Waals surface area contributed by atoms with Gasteiger partial charge in [0.05, 0.1) is 38.5 Å². The third-order valence-electron chi connectivity index (χ3n) is 10.4. The molecule has 0 saturated carbocycles. The smallest absolute Gasteiger partial charge is 0.146 e. The van der Waals surface area contributed by atoms with E-state index in [2.05, 4.69) is 162 Å². The highest BCUT2D eigenvalue weighted by Crippen LogP contribution is 2.42. The standard InChI is InChI=1S/C47H31ClN4/c1-3-32-29(2)33-17-6-4-15-30(33)27-37(32)46-49-39-21-10-12-23-41(39)51(46)43-25-14-26-44(45(43)48)52-42-24-13-11-22-40(42)50-47(52)38-28-31-16-5-7-18-34(31)35-19-8-9-20-36(35)38/h3-28H,1H2,2H3.